The van der Waals surface area contributed by atoms with Crippen molar-refractivity contribution in [1.82, 2.24) is 0 Å². The van der Waals surface area contributed by atoms with Crippen molar-refractivity contribution in [2.75, 3.05) is 23.3 Å². The highest BCUT2D eigenvalue weighted by atomic mass is 19.3. The van der Waals surface area contributed by atoms with Crippen molar-refractivity contribution in [1.29, 1.82) is 0 Å². The number of nitrogens with one attached hydrogen (secondary N) is 1. The summed E-state index contributed by atoms with van der Waals surface area (Å²) >= 11 is 0. The summed E-state index contributed by atoms with van der Waals surface area (Å²) in [5.74, 6) is -3.26. The van der Waals surface area contributed by atoms with Crippen LogP contribution >= 0.6 is 0 Å². The second-order valence-electron chi connectivity index (χ2n) is 9.46. The zero-order valence-electron chi connectivity index (χ0n) is 18.3. The van der Waals surface area contributed by atoms with E-state index in [1.54, 1.807) is 24.3 Å². The zero-order valence-corrected chi connectivity index (χ0v) is 18.3. The molecular formula is C25H24F2N2O4. The van der Waals surface area contributed by atoms with Gasteiger partial charge in [-0.3, -0.25) is 4.79 Å². The van der Waals surface area contributed by atoms with Crippen LogP contribution in [0.4, 0.5) is 20.4 Å². The summed E-state index contributed by atoms with van der Waals surface area (Å²) in [6.45, 7) is 4.63. The first-order chi connectivity index (χ1) is 15.6. The van der Waals surface area contributed by atoms with Crippen molar-refractivity contribution in [3.8, 4) is 0 Å². The molecule has 2 aromatic carbocycles. The summed E-state index contributed by atoms with van der Waals surface area (Å²) in [6, 6.07) is 11.3. The fourth-order valence-electron chi connectivity index (χ4n) is 5.19. The van der Waals surface area contributed by atoms with E-state index in [1.165, 1.54) is 12.1 Å². The number of rotatable bonds is 5. The SMILES string of the molecule is Cc1cc(C(C)Nc2ccccc2C(=O)O)c2oc(N3CC4(C3)CC(F)(F)C4)cc(=O)c2c1. The molecule has 1 aliphatic carbocycles. The van der Waals surface area contributed by atoms with Gasteiger partial charge in [-0.25, -0.2) is 13.6 Å². The topological polar surface area (TPSA) is 82.8 Å². The first-order valence-electron chi connectivity index (χ1n) is 10.9. The maximum atomic E-state index is 13.4. The van der Waals surface area contributed by atoms with Crippen LogP contribution in [0.2, 0.25) is 0 Å². The van der Waals surface area contributed by atoms with E-state index in [1.807, 2.05) is 24.8 Å². The number of aryl methyl sites for hydroxylation is 1. The molecule has 0 radical (unpaired) electrons. The lowest BCUT2D eigenvalue weighted by molar-refractivity contribution is -0.170. The van der Waals surface area contributed by atoms with Crippen molar-refractivity contribution in [2.45, 2.75) is 38.7 Å². The second-order valence-corrected chi connectivity index (χ2v) is 9.46. The third kappa shape index (κ3) is 3.73. The van der Waals surface area contributed by atoms with Gasteiger partial charge in [0.25, 0.3) is 0 Å². The molecule has 8 heteroatoms. The van der Waals surface area contributed by atoms with E-state index < -0.39 is 11.9 Å². The molecule has 3 aromatic rings. The smallest absolute Gasteiger partial charge is 0.337 e. The monoisotopic (exact) mass is 454 g/mol. The number of carbonyl (C=O) groups is 1. The predicted octanol–water partition coefficient (Wildman–Crippen LogP) is 5.21. The minimum Gasteiger partial charge on any atom is -0.478 e. The number of hydrogen-bond acceptors (Lipinski definition) is 5. The number of alkyl halides is 2. The van der Waals surface area contributed by atoms with Crippen molar-refractivity contribution in [3.05, 3.63) is 69.4 Å². The largest absolute Gasteiger partial charge is 0.478 e. The number of benzene rings is 2. The Balaban J connectivity index is 1.49. The van der Waals surface area contributed by atoms with Crippen LogP contribution in [0, 0.1) is 12.3 Å². The Hall–Kier alpha value is -3.42. The molecule has 1 spiro atoms. The summed E-state index contributed by atoms with van der Waals surface area (Å²) in [5.41, 5.74) is 2.02. The summed E-state index contributed by atoms with van der Waals surface area (Å²) in [4.78, 5) is 26.3. The van der Waals surface area contributed by atoms with Gasteiger partial charge in [-0.1, -0.05) is 18.2 Å². The van der Waals surface area contributed by atoms with E-state index in [4.69, 9.17) is 4.42 Å². The summed E-state index contributed by atoms with van der Waals surface area (Å²) < 4.78 is 32.9. The summed E-state index contributed by atoms with van der Waals surface area (Å²) in [7, 11) is 0. The molecule has 2 heterocycles. The fraction of sp³-hybridized carbons (Fsp3) is 0.360. The number of nitrogens with zero attached hydrogens (tertiary/aromatic N) is 1. The van der Waals surface area contributed by atoms with E-state index >= 15 is 0 Å². The molecule has 1 saturated heterocycles. The molecule has 1 aliphatic heterocycles. The standard InChI is InChI=1S/C25H24F2N2O4/c1-14-7-17(15(2)28-19-6-4-3-5-16(19)23(31)32)22-18(8-14)20(30)9-21(33-22)29-12-24(13-29)10-25(26,27)11-24/h3-9,15,28H,10-13H2,1-2H3,(H,31,32). The zero-order chi connectivity index (χ0) is 23.5. The Morgan fingerprint density at radius 3 is 2.55 bits per heavy atom. The van der Waals surface area contributed by atoms with Crippen LogP contribution < -0.4 is 15.6 Å². The van der Waals surface area contributed by atoms with Gasteiger partial charge in [0.05, 0.1) is 17.0 Å². The van der Waals surface area contributed by atoms with Gasteiger partial charge in [0, 0.05) is 48.7 Å². The van der Waals surface area contributed by atoms with E-state index in [0.717, 1.165) is 11.1 Å². The Morgan fingerprint density at radius 1 is 1.18 bits per heavy atom. The molecule has 172 valence electrons. The number of halogens is 2. The van der Waals surface area contributed by atoms with E-state index in [2.05, 4.69) is 5.32 Å². The predicted molar refractivity (Wildman–Crippen MR) is 121 cm³/mol. The Bertz CT molecular complexity index is 1320. The van der Waals surface area contributed by atoms with Crippen LogP contribution in [0.15, 0.2) is 51.7 Å². The minimum absolute atomic E-state index is 0.122. The van der Waals surface area contributed by atoms with Gasteiger partial charge in [0.15, 0.2) is 11.3 Å². The van der Waals surface area contributed by atoms with Gasteiger partial charge in [-0.2, -0.15) is 0 Å². The summed E-state index contributed by atoms with van der Waals surface area (Å²) in [6.07, 6.45) is -0.245. The highest BCUT2D eigenvalue weighted by molar-refractivity contribution is 5.94. The van der Waals surface area contributed by atoms with Crippen molar-refractivity contribution < 1.29 is 23.1 Å². The molecule has 33 heavy (non-hydrogen) atoms. The number of aromatic carboxylic acids is 1. The van der Waals surface area contributed by atoms with Crippen LogP contribution in [-0.4, -0.2) is 30.1 Å². The molecule has 0 bridgehead atoms. The molecule has 2 aliphatic rings. The van der Waals surface area contributed by atoms with Gasteiger partial charge in [0.1, 0.15) is 5.58 Å². The van der Waals surface area contributed by atoms with Crippen LogP contribution in [0.1, 0.15) is 47.3 Å². The number of fused-ring (bicyclic) bond motifs is 1. The van der Waals surface area contributed by atoms with Gasteiger partial charge < -0.3 is 19.7 Å². The summed E-state index contributed by atoms with van der Waals surface area (Å²) in [5, 5.41) is 13.1. The van der Waals surface area contributed by atoms with Crippen LogP contribution in [0.5, 0.6) is 0 Å². The Kier molecular flexibility index (Phi) is 4.74. The van der Waals surface area contributed by atoms with Gasteiger partial charge in [-0.15, -0.1) is 0 Å². The third-order valence-electron chi connectivity index (χ3n) is 6.62. The lowest BCUT2D eigenvalue weighted by atomic mass is 9.61. The van der Waals surface area contributed by atoms with Crippen molar-refractivity contribution in [2.24, 2.45) is 5.41 Å². The molecule has 5 rings (SSSR count). The molecule has 0 amide bonds. The quantitative estimate of drug-likeness (QED) is 0.551. The Morgan fingerprint density at radius 2 is 1.88 bits per heavy atom. The van der Waals surface area contributed by atoms with Gasteiger partial charge in [0.2, 0.25) is 5.92 Å². The average molecular weight is 454 g/mol. The maximum absolute atomic E-state index is 13.4. The molecular weight excluding hydrogens is 430 g/mol. The number of para-hydroxylation sites is 1. The average Bonchev–Trinajstić information content (AvgIpc) is 2.70. The lowest BCUT2D eigenvalue weighted by Crippen LogP contribution is -2.66. The van der Waals surface area contributed by atoms with Crippen LogP contribution in [0.3, 0.4) is 0 Å². The first-order valence-corrected chi connectivity index (χ1v) is 10.9. The number of carboxylic acids is 1. The fourth-order valence-corrected chi connectivity index (χ4v) is 5.19. The van der Waals surface area contributed by atoms with Gasteiger partial charge >= 0.3 is 5.97 Å². The molecule has 1 saturated carbocycles. The van der Waals surface area contributed by atoms with Crippen molar-refractivity contribution in [3.63, 3.8) is 0 Å². The molecule has 2 fully saturated rings. The normalized spacial score (nSPS) is 19.1. The molecule has 1 atom stereocenters. The first kappa shape index (κ1) is 21.4. The van der Waals surface area contributed by atoms with Gasteiger partial charge in [-0.05, 0) is 37.6 Å². The molecule has 1 unspecified atom stereocenters. The highest BCUT2D eigenvalue weighted by Crippen LogP contribution is 2.57. The number of anilines is 2. The van der Waals surface area contributed by atoms with E-state index in [-0.39, 0.29) is 35.3 Å². The maximum Gasteiger partial charge on any atom is 0.337 e. The van der Waals surface area contributed by atoms with E-state index in [9.17, 15) is 23.5 Å². The number of hydrogen-bond donors (Lipinski definition) is 2. The Labute approximate surface area is 188 Å². The number of carboxylic acid groups (broad SMARTS) is 1. The minimum atomic E-state index is -2.59. The molecule has 2 N–H and O–H groups in total. The highest BCUT2D eigenvalue weighted by Gasteiger charge is 2.62. The third-order valence-corrected chi connectivity index (χ3v) is 6.62. The second kappa shape index (κ2) is 7.30. The van der Waals surface area contributed by atoms with Crippen LogP contribution in [-0.2, 0) is 0 Å². The van der Waals surface area contributed by atoms with Crippen molar-refractivity contribution >= 4 is 28.5 Å². The molecule has 6 nitrogen and oxygen atoms in total. The van der Waals surface area contributed by atoms with E-state index in [0.29, 0.717) is 35.6 Å². The lowest BCUT2D eigenvalue weighted by Gasteiger charge is -2.58. The van der Waals surface area contributed by atoms with Crippen LogP contribution in [0.25, 0.3) is 11.0 Å². The molecule has 1 aromatic heterocycles.